The van der Waals surface area contributed by atoms with Crippen LogP contribution in [0, 0.1) is 0 Å². The quantitative estimate of drug-likeness (QED) is 0.418. The van der Waals surface area contributed by atoms with Crippen LogP contribution in [-0.2, 0) is 13.2 Å². The molecule has 0 bridgehead atoms. The first kappa shape index (κ1) is 18.3. The van der Waals surface area contributed by atoms with Gasteiger partial charge in [-0.05, 0) is 47.0 Å². The zero-order valence-electron chi connectivity index (χ0n) is 14.0. The van der Waals surface area contributed by atoms with E-state index in [0.717, 1.165) is 27.5 Å². The van der Waals surface area contributed by atoms with Crippen LogP contribution in [0.25, 0.3) is 0 Å². The van der Waals surface area contributed by atoms with Crippen molar-refractivity contribution in [1.82, 2.24) is 5.43 Å². The van der Waals surface area contributed by atoms with Gasteiger partial charge in [-0.15, -0.1) is 0 Å². The zero-order valence-corrected chi connectivity index (χ0v) is 15.5. The highest BCUT2D eigenvalue weighted by Gasteiger charge is 1.99. The maximum atomic E-state index is 6.12. The lowest BCUT2D eigenvalue weighted by Crippen LogP contribution is -2.06. The molecule has 0 aliphatic heterocycles. The first-order valence-corrected chi connectivity index (χ1v) is 8.93. The predicted octanol–water partition coefficient (Wildman–Crippen LogP) is 5.70. The van der Waals surface area contributed by atoms with Crippen molar-refractivity contribution >= 4 is 29.4 Å². The summed E-state index contributed by atoms with van der Waals surface area (Å²) in [5, 5.41) is 5.68. The van der Waals surface area contributed by atoms with Crippen molar-refractivity contribution in [3.8, 4) is 5.75 Å². The SMILES string of the molecule is Clc1cccc(COc2cccc(/C=N\NCc3ccccc3Cl)c2)c1. The van der Waals surface area contributed by atoms with Crippen LogP contribution in [0.5, 0.6) is 5.75 Å². The van der Waals surface area contributed by atoms with E-state index in [0.29, 0.717) is 18.2 Å². The van der Waals surface area contributed by atoms with E-state index < -0.39 is 0 Å². The average Bonchev–Trinajstić information content (AvgIpc) is 2.65. The standard InChI is InChI=1S/C21H18Cl2N2O/c22-19-8-3-6-17(11-19)15-26-20-9-4-5-16(12-20)13-24-25-14-18-7-1-2-10-21(18)23/h1-13,25H,14-15H2/b24-13-. The average molecular weight is 385 g/mol. The van der Waals surface area contributed by atoms with Gasteiger partial charge in [0.1, 0.15) is 12.4 Å². The smallest absolute Gasteiger partial charge is 0.120 e. The number of nitrogens with zero attached hydrogens (tertiary/aromatic N) is 1. The Kier molecular flexibility index (Phi) is 6.53. The van der Waals surface area contributed by atoms with E-state index in [1.54, 1.807) is 6.21 Å². The summed E-state index contributed by atoms with van der Waals surface area (Å²) in [7, 11) is 0. The summed E-state index contributed by atoms with van der Waals surface area (Å²) >= 11 is 12.1. The number of ether oxygens (including phenoxy) is 1. The molecule has 0 aromatic heterocycles. The van der Waals surface area contributed by atoms with Gasteiger partial charge in [0.05, 0.1) is 12.8 Å². The molecule has 5 heteroatoms. The normalized spacial score (nSPS) is 10.8. The lowest BCUT2D eigenvalue weighted by atomic mass is 10.2. The molecule has 0 atom stereocenters. The molecule has 0 radical (unpaired) electrons. The Balaban J connectivity index is 1.54. The van der Waals surface area contributed by atoms with Crippen molar-refractivity contribution < 1.29 is 4.74 Å². The molecule has 0 spiro atoms. The minimum Gasteiger partial charge on any atom is -0.489 e. The molecule has 1 N–H and O–H groups in total. The van der Waals surface area contributed by atoms with Crippen molar-refractivity contribution in [2.75, 3.05) is 0 Å². The molecule has 3 nitrogen and oxygen atoms in total. The Bertz CT molecular complexity index is 896. The van der Waals surface area contributed by atoms with E-state index in [9.17, 15) is 0 Å². The van der Waals surface area contributed by atoms with Gasteiger partial charge in [-0.1, -0.05) is 65.7 Å². The maximum absolute atomic E-state index is 6.12. The zero-order chi connectivity index (χ0) is 18.2. The fraction of sp³-hybridized carbons (Fsp3) is 0.0952. The molecule has 0 amide bonds. The highest BCUT2D eigenvalue weighted by atomic mass is 35.5. The number of benzene rings is 3. The summed E-state index contributed by atoms with van der Waals surface area (Å²) in [6.07, 6.45) is 1.75. The van der Waals surface area contributed by atoms with Crippen LogP contribution in [0.4, 0.5) is 0 Å². The second-order valence-corrected chi connectivity index (χ2v) is 6.52. The molecule has 0 unspecified atom stereocenters. The number of hydrogen-bond donors (Lipinski definition) is 1. The number of hydrazone groups is 1. The summed E-state index contributed by atoms with van der Waals surface area (Å²) in [5.41, 5.74) is 5.98. The van der Waals surface area contributed by atoms with Crippen LogP contribution in [0.3, 0.4) is 0 Å². The van der Waals surface area contributed by atoms with Gasteiger partial charge in [-0.3, -0.25) is 0 Å². The van der Waals surface area contributed by atoms with Gasteiger partial charge < -0.3 is 10.2 Å². The molecule has 0 aliphatic rings. The molecular formula is C21H18Cl2N2O. The molecule has 0 heterocycles. The second-order valence-electron chi connectivity index (χ2n) is 5.68. The molecular weight excluding hydrogens is 367 g/mol. The van der Waals surface area contributed by atoms with E-state index in [1.807, 2.05) is 72.8 Å². The summed E-state index contributed by atoms with van der Waals surface area (Å²) in [5.74, 6) is 0.778. The van der Waals surface area contributed by atoms with Crippen LogP contribution >= 0.6 is 23.2 Å². The summed E-state index contributed by atoms with van der Waals surface area (Å²) in [6, 6.07) is 23.1. The summed E-state index contributed by atoms with van der Waals surface area (Å²) in [6.45, 7) is 1.03. The van der Waals surface area contributed by atoms with Gasteiger partial charge in [-0.25, -0.2) is 0 Å². The number of halogens is 2. The predicted molar refractivity (Wildman–Crippen MR) is 108 cm³/mol. The van der Waals surface area contributed by atoms with Crippen LogP contribution in [-0.4, -0.2) is 6.21 Å². The van der Waals surface area contributed by atoms with Gasteiger partial charge in [0.25, 0.3) is 0 Å². The van der Waals surface area contributed by atoms with Gasteiger partial charge in [0.15, 0.2) is 0 Å². The van der Waals surface area contributed by atoms with Crippen molar-refractivity contribution in [1.29, 1.82) is 0 Å². The Morgan fingerprint density at radius 2 is 1.77 bits per heavy atom. The molecule has 0 saturated carbocycles. The van der Waals surface area contributed by atoms with Crippen LogP contribution in [0.1, 0.15) is 16.7 Å². The maximum Gasteiger partial charge on any atom is 0.120 e. The molecule has 3 aromatic rings. The van der Waals surface area contributed by atoms with Gasteiger partial charge in [0.2, 0.25) is 0 Å². The van der Waals surface area contributed by atoms with Crippen LogP contribution < -0.4 is 10.2 Å². The Morgan fingerprint density at radius 3 is 2.62 bits per heavy atom. The van der Waals surface area contributed by atoms with Gasteiger partial charge >= 0.3 is 0 Å². The van der Waals surface area contributed by atoms with E-state index in [1.165, 1.54) is 0 Å². The van der Waals surface area contributed by atoms with E-state index >= 15 is 0 Å². The van der Waals surface area contributed by atoms with Crippen LogP contribution in [0.2, 0.25) is 10.0 Å². The van der Waals surface area contributed by atoms with E-state index in [4.69, 9.17) is 27.9 Å². The Morgan fingerprint density at radius 1 is 0.923 bits per heavy atom. The minimum atomic E-state index is 0.464. The van der Waals surface area contributed by atoms with Gasteiger partial charge in [-0.2, -0.15) is 5.10 Å². The molecule has 26 heavy (non-hydrogen) atoms. The second kappa shape index (κ2) is 9.27. The molecule has 132 valence electrons. The first-order chi connectivity index (χ1) is 12.7. The van der Waals surface area contributed by atoms with Crippen molar-refractivity contribution in [2.45, 2.75) is 13.2 Å². The minimum absolute atomic E-state index is 0.464. The third kappa shape index (κ3) is 5.51. The van der Waals surface area contributed by atoms with Crippen molar-refractivity contribution in [2.24, 2.45) is 5.10 Å². The fourth-order valence-corrected chi connectivity index (χ4v) is 2.79. The Labute approximate surface area is 163 Å². The highest BCUT2D eigenvalue weighted by Crippen LogP contribution is 2.17. The van der Waals surface area contributed by atoms with E-state index in [2.05, 4.69) is 10.5 Å². The highest BCUT2D eigenvalue weighted by molar-refractivity contribution is 6.31. The largest absolute Gasteiger partial charge is 0.489 e. The number of nitrogens with one attached hydrogen (secondary N) is 1. The van der Waals surface area contributed by atoms with E-state index in [-0.39, 0.29) is 0 Å². The third-order valence-electron chi connectivity index (χ3n) is 3.68. The molecule has 0 saturated heterocycles. The van der Waals surface area contributed by atoms with Gasteiger partial charge in [0, 0.05) is 10.0 Å². The first-order valence-electron chi connectivity index (χ1n) is 8.17. The molecule has 0 aliphatic carbocycles. The molecule has 3 rings (SSSR count). The van der Waals surface area contributed by atoms with Crippen molar-refractivity contribution in [3.05, 3.63) is 99.5 Å². The number of hydrogen-bond acceptors (Lipinski definition) is 3. The summed E-state index contributed by atoms with van der Waals surface area (Å²) < 4.78 is 5.82. The molecule has 0 fully saturated rings. The topological polar surface area (TPSA) is 33.6 Å². The molecule has 3 aromatic carbocycles. The van der Waals surface area contributed by atoms with Crippen LogP contribution in [0.15, 0.2) is 77.9 Å². The lowest BCUT2D eigenvalue weighted by Gasteiger charge is -2.07. The fourth-order valence-electron chi connectivity index (χ4n) is 2.37. The monoisotopic (exact) mass is 384 g/mol. The number of rotatable bonds is 7. The van der Waals surface area contributed by atoms with Crippen molar-refractivity contribution in [3.63, 3.8) is 0 Å². The summed E-state index contributed by atoms with van der Waals surface area (Å²) in [4.78, 5) is 0. The Hall–Kier alpha value is -2.49. The lowest BCUT2D eigenvalue weighted by molar-refractivity contribution is 0.306. The third-order valence-corrected chi connectivity index (χ3v) is 4.29.